The summed E-state index contributed by atoms with van der Waals surface area (Å²) in [7, 11) is 0. The maximum absolute atomic E-state index is 9.87. The van der Waals surface area contributed by atoms with E-state index in [4.69, 9.17) is 21.6 Å². The van der Waals surface area contributed by atoms with E-state index in [0.717, 1.165) is 11.0 Å². The van der Waals surface area contributed by atoms with Gasteiger partial charge in [-0.1, -0.05) is 18.5 Å². The van der Waals surface area contributed by atoms with Gasteiger partial charge in [-0.05, 0) is 40.7 Å². The molecule has 0 aromatic heterocycles. The van der Waals surface area contributed by atoms with Gasteiger partial charge in [-0.2, -0.15) is 5.26 Å². The number of hydrogen-bond donors (Lipinski definition) is 1. The zero-order valence-corrected chi connectivity index (χ0v) is 13.0. The maximum Gasteiger partial charge on any atom is 0.133 e. The summed E-state index contributed by atoms with van der Waals surface area (Å²) in [6.07, 6.45) is -0.643. The molecule has 19 heavy (non-hydrogen) atoms. The van der Waals surface area contributed by atoms with Crippen LogP contribution in [0, 0.1) is 11.3 Å². The van der Waals surface area contributed by atoms with Crippen LogP contribution in [-0.4, -0.2) is 42.4 Å². The summed E-state index contributed by atoms with van der Waals surface area (Å²) in [5.74, 6) is 0.631. The number of likely N-dealkylation sites (N-methyl/N-ethyl adjacent to an activating group) is 1. The van der Waals surface area contributed by atoms with Crippen molar-refractivity contribution in [2.75, 3.05) is 26.2 Å². The molecule has 0 aliphatic carbocycles. The summed E-state index contributed by atoms with van der Waals surface area (Å²) in [5, 5.41) is 19.1. The van der Waals surface area contributed by atoms with Crippen LogP contribution < -0.4 is 4.74 Å². The van der Waals surface area contributed by atoms with Crippen LogP contribution in [0.25, 0.3) is 0 Å². The summed E-state index contributed by atoms with van der Waals surface area (Å²) in [4.78, 5) is 1.85. The predicted octanol–water partition coefficient (Wildman–Crippen LogP) is 2.69. The Morgan fingerprint density at radius 1 is 1.58 bits per heavy atom. The summed E-state index contributed by atoms with van der Waals surface area (Å²) in [6.45, 7) is 3.55. The van der Waals surface area contributed by atoms with Crippen LogP contribution >= 0.6 is 27.5 Å². The summed E-state index contributed by atoms with van der Waals surface area (Å²) in [6, 6.07) is 7.26. The van der Waals surface area contributed by atoms with Gasteiger partial charge in [0.1, 0.15) is 18.5 Å². The number of aliphatic hydroxyl groups excluding tert-OH is 1. The highest BCUT2D eigenvalue weighted by Gasteiger charge is 2.11. The number of hydrogen-bond acceptors (Lipinski definition) is 4. The van der Waals surface area contributed by atoms with E-state index in [0.29, 0.717) is 23.9 Å². The molecule has 0 bridgehead atoms. The molecule has 0 spiro atoms. The molecular weight excluding hydrogens is 332 g/mol. The van der Waals surface area contributed by atoms with Crippen LogP contribution in [0.1, 0.15) is 6.92 Å². The van der Waals surface area contributed by atoms with Gasteiger partial charge in [0.25, 0.3) is 0 Å². The van der Waals surface area contributed by atoms with Gasteiger partial charge >= 0.3 is 0 Å². The molecule has 0 heterocycles. The Kier molecular flexibility index (Phi) is 7.17. The Labute approximate surface area is 126 Å². The smallest absolute Gasteiger partial charge is 0.133 e. The lowest BCUT2D eigenvalue weighted by atomic mass is 10.3. The maximum atomic E-state index is 9.87. The lowest BCUT2D eigenvalue weighted by Gasteiger charge is -2.21. The van der Waals surface area contributed by atoms with Gasteiger partial charge in [-0.3, -0.25) is 4.90 Å². The molecule has 0 radical (unpaired) electrons. The van der Waals surface area contributed by atoms with Gasteiger partial charge in [0.2, 0.25) is 0 Å². The van der Waals surface area contributed by atoms with E-state index < -0.39 is 6.10 Å². The van der Waals surface area contributed by atoms with Crippen LogP contribution in [0.3, 0.4) is 0 Å². The molecule has 1 rings (SSSR count). The molecule has 4 nitrogen and oxygen atoms in total. The summed E-state index contributed by atoms with van der Waals surface area (Å²) in [5.41, 5.74) is 0. The zero-order valence-electron chi connectivity index (χ0n) is 10.6. The third-order valence-electron chi connectivity index (χ3n) is 2.54. The van der Waals surface area contributed by atoms with Crippen molar-refractivity contribution < 1.29 is 9.84 Å². The van der Waals surface area contributed by atoms with Crippen molar-refractivity contribution in [3.8, 4) is 11.8 Å². The van der Waals surface area contributed by atoms with Crippen LogP contribution in [0.5, 0.6) is 5.75 Å². The fourth-order valence-corrected chi connectivity index (χ4v) is 2.33. The van der Waals surface area contributed by atoms with E-state index in [1.54, 1.807) is 18.2 Å². The van der Waals surface area contributed by atoms with Gasteiger partial charge in [-0.15, -0.1) is 0 Å². The SMILES string of the molecule is CCN(CC#N)CC(O)COc1ccc(Cl)cc1Br. The minimum Gasteiger partial charge on any atom is -0.490 e. The fraction of sp³-hybridized carbons (Fsp3) is 0.462. The number of halogens is 2. The van der Waals surface area contributed by atoms with Crippen molar-refractivity contribution in [1.82, 2.24) is 4.90 Å². The van der Waals surface area contributed by atoms with Crippen LogP contribution in [0.4, 0.5) is 0 Å². The van der Waals surface area contributed by atoms with Gasteiger partial charge in [0.15, 0.2) is 0 Å². The topological polar surface area (TPSA) is 56.5 Å². The number of ether oxygens (including phenoxy) is 1. The van der Waals surface area contributed by atoms with Gasteiger partial charge in [-0.25, -0.2) is 0 Å². The van der Waals surface area contributed by atoms with E-state index in [-0.39, 0.29) is 6.61 Å². The van der Waals surface area contributed by atoms with Crippen molar-refractivity contribution >= 4 is 27.5 Å². The fourth-order valence-electron chi connectivity index (χ4n) is 1.53. The second kappa shape index (κ2) is 8.39. The highest BCUT2D eigenvalue weighted by molar-refractivity contribution is 9.10. The molecule has 0 amide bonds. The molecule has 0 aliphatic rings. The molecular formula is C13H16BrClN2O2. The van der Waals surface area contributed by atoms with Crippen LogP contribution in [-0.2, 0) is 0 Å². The molecule has 1 atom stereocenters. The lowest BCUT2D eigenvalue weighted by molar-refractivity contribution is 0.0737. The zero-order chi connectivity index (χ0) is 14.3. The number of aliphatic hydroxyl groups is 1. The van der Waals surface area contributed by atoms with E-state index in [1.807, 2.05) is 11.8 Å². The third-order valence-corrected chi connectivity index (χ3v) is 3.39. The van der Waals surface area contributed by atoms with Crippen molar-refractivity contribution in [2.45, 2.75) is 13.0 Å². The number of nitriles is 1. The molecule has 0 saturated heterocycles. The highest BCUT2D eigenvalue weighted by atomic mass is 79.9. The quantitative estimate of drug-likeness (QED) is 0.771. The number of benzene rings is 1. The molecule has 104 valence electrons. The number of rotatable bonds is 7. The standard InChI is InChI=1S/C13H16BrClN2O2/c1-2-17(6-5-16)8-11(18)9-19-13-4-3-10(15)7-12(13)14/h3-4,7,11,18H,2,6,8-9H2,1H3. The van der Waals surface area contributed by atoms with E-state index >= 15 is 0 Å². The van der Waals surface area contributed by atoms with Crippen molar-refractivity contribution in [3.63, 3.8) is 0 Å². The minimum absolute atomic E-state index is 0.169. The molecule has 0 saturated carbocycles. The molecule has 1 N–H and O–H groups in total. The average Bonchev–Trinajstić information content (AvgIpc) is 2.37. The monoisotopic (exact) mass is 346 g/mol. The first kappa shape index (κ1) is 16.3. The normalized spacial score (nSPS) is 12.2. The van der Waals surface area contributed by atoms with Crippen molar-refractivity contribution in [2.24, 2.45) is 0 Å². The molecule has 0 fully saturated rings. The van der Waals surface area contributed by atoms with E-state index in [9.17, 15) is 5.11 Å². The summed E-state index contributed by atoms with van der Waals surface area (Å²) < 4.78 is 6.26. The first-order valence-corrected chi connectivity index (χ1v) is 7.09. The molecule has 1 aromatic rings. The third kappa shape index (κ3) is 5.79. The second-order valence-corrected chi connectivity index (χ2v) is 5.32. The molecule has 1 aromatic carbocycles. The van der Waals surface area contributed by atoms with Gasteiger partial charge < -0.3 is 9.84 Å². The summed E-state index contributed by atoms with van der Waals surface area (Å²) >= 11 is 9.17. The first-order chi connectivity index (χ1) is 9.06. The van der Waals surface area contributed by atoms with Crippen LogP contribution in [0.15, 0.2) is 22.7 Å². The van der Waals surface area contributed by atoms with Crippen molar-refractivity contribution in [1.29, 1.82) is 5.26 Å². The van der Waals surface area contributed by atoms with Gasteiger partial charge in [0, 0.05) is 11.6 Å². The average molecular weight is 348 g/mol. The Morgan fingerprint density at radius 2 is 2.32 bits per heavy atom. The Morgan fingerprint density at radius 3 is 2.89 bits per heavy atom. The molecule has 6 heteroatoms. The Hall–Kier alpha value is -0.800. The Bertz CT molecular complexity index is 451. The molecule has 0 aliphatic heterocycles. The van der Waals surface area contributed by atoms with Gasteiger partial charge in [0.05, 0.1) is 17.1 Å². The number of nitrogens with zero attached hydrogens (tertiary/aromatic N) is 2. The van der Waals surface area contributed by atoms with Crippen LogP contribution in [0.2, 0.25) is 5.02 Å². The van der Waals surface area contributed by atoms with E-state index in [1.165, 1.54) is 0 Å². The highest BCUT2D eigenvalue weighted by Crippen LogP contribution is 2.27. The Balaban J connectivity index is 2.45. The lowest BCUT2D eigenvalue weighted by Crippen LogP contribution is -2.35. The largest absolute Gasteiger partial charge is 0.490 e. The first-order valence-electron chi connectivity index (χ1n) is 5.92. The molecule has 1 unspecified atom stereocenters. The minimum atomic E-state index is -0.643. The van der Waals surface area contributed by atoms with E-state index in [2.05, 4.69) is 22.0 Å². The predicted molar refractivity (Wildman–Crippen MR) is 78.4 cm³/mol. The second-order valence-electron chi connectivity index (χ2n) is 4.03. The van der Waals surface area contributed by atoms with Crippen molar-refractivity contribution in [3.05, 3.63) is 27.7 Å².